The molecule has 0 radical (unpaired) electrons. The summed E-state index contributed by atoms with van der Waals surface area (Å²) in [5, 5.41) is 0.577. The lowest BCUT2D eigenvalue weighted by Crippen LogP contribution is -2.50. The molecule has 3 aromatic rings. The van der Waals surface area contributed by atoms with E-state index in [1.807, 2.05) is 24.3 Å². The number of benzene rings is 1. The van der Waals surface area contributed by atoms with E-state index in [4.69, 9.17) is 4.74 Å². The van der Waals surface area contributed by atoms with Gasteiger partial charge in [0.1, 0.15) is 16.3 Å². The highest BCUT2D eigenvalue weighted by atomic mass is 32.2. The van der Waals surface area contributed by atoms with E-state index >= 15 is 0 Å². The first kappa shape index (κ1) is 20.4. The summed E-state index contributed by atoms with van der Waals surface area (Å²) < 4.78 is 32.9. The predicted octanol–water partition coefficient (Wildman–Crippen LogP) is 2.04. The number of aryl methyl sites for hydroxylation is 1. The Kier molecular flexibility index (Phi) is 5.74. The van der Waals surface area contributed by atoms with Gasteiger partial charge < -0.3 is 14.6 Å². The Bertz CT molecular complexity index is 1150. The van der Waals surface area contributed by atoms with Crippen LogP contribution < -0.4 is 4.74 Å². The molecule has 1 saturated heterocycles. The van der Waals surface area contributed by atoms with Crippen LogP contribution in [0.5, 0.6) is 5.75 Å². The fraction of sp³-hybridized carbons (Fsp3) is 0.333. The zero-order valence-corrected chi connectivity index (χ0v) is 17.6. The van der Waals surface area contributed by atoms with Crippen LogP contribution >= 0.6 is 0 Å². The van der Waals surface area contributed by atoms with Crippen LogP contribution in [-0.2, 0) is 21.2 Å². The van der Waals surface area contributed by atoms with Gasteiger partial charge in [-0.3, -0.25) is 4.79 Å². The second-order valence-electron chi connectivity index (χ2n) is 7.15. The number of nitrogens with zero attached hydrogens (tertiary/aromatic N) is 3. The number of piperazine rings is 1. The molecule has 30 heavy (non-hydrogen) atoms. The van der Waals surface area contributed by atoms with Crippen LogP contribution in [0.4, 0.5) is 0 Å². The van der Waals surface area contributed by atoms with E-state index in [9.17, 15) is 13.2 Å². The highest BCUT2D eigenvalue weighted by Crippen LogP contribution is 2.25. The van der Waals surface area contributed by atoms with Gasteiger partial charge in [-0.1, -0.05) is 18.2 Å². The molecular formula is C21H24N4O4S. The summed E-state index contributed by atoms with van der Waals surface area (Å²) in [6.45, 7) is 1.31. The molecule has 3 heterocycles. The number of carbonyl (C=O) groups is 1. The Morgan fingerprint density at radius 2 is 1.90 bits per heavy atom. The molecule has 0 atom stereocenters. The first-order valence-electron chi connectivity index (χ1n) is 9.82. The molecule has 0 aliphatic carbocycles. The van der Waals surface area contributed by atoms with E-state index in [0.29, 0.717) is 37.0 Å². The lowest BCUT2D eigenvalue weighted by molar-refractivity contribution is -0.132. The van der Waals surface area contributed by atoms with Crippen LogP contribution in [0.1, 0.15) is 12.0 Å². The van der Waals surface area contributed by atoms with Crippen molar-refractivity contribution >= 4 is 27.0 Å². The highest BCUT2D eigenvalue weighted by molar-refractivity contribution is 7.89. The quantitative estimate of drug-likeness (QED) is 0.648. The molecule has 1 N–H and O–H groups in total. The van der Waals surface area contributed by atoms with Gasteiger partial charge in [-0.25, -0.2) is 13.4 Å². The summed E-state index contributed by atoms with van der Waals surface area (Å²) in [6, 6.07) is 11.1. The van der Waals surface area contributed by atoms with Crippen LogP contribution in [-0.4, -0.2) is 66.8 Å². The van der Waals surface area contributed by atoms with E-state index < -0.39 is 10.0 Å². The number of rotatable bonds is 6. The molecule has 4 rings (SSSR count). The standard InChI is InChI=1S/C21H24N4O4S/c1-29-18-7-3-2-5-16(18)8-9-20(26)24-11-13-25(14-12-24)30(27,28)19-15-23-21-17(19)6-4-10-22-21/h2-7,10,15H,8-9,11-14H2,1H3,(H,22,23). The van der Waals surface area contributed by atoms with Crippen molar-refractivity contribution in [3.8, 4) is 5.75 Å². The lowest BCUT2D eigenvalue weighted by Gasteiger charge is -2.34. The fourth-order valence-electron chi connectivity index (χ4n) is 3.77. The molecule has 0 saturated carbocycles. The summed E-state index contributed by atoms with van der Waals surface area (Å²) in [6.07, 6.45) is 4.05. The zero-order chi connectivity index (χ0) is 21.1. The molecule has 0 spiro atoms. The Morgan fingerprint density at radius 1 is 1.13 bits per heavy atom. The van der Waals surface area contributed by atoms with Gasteiger partial charge in [-0.2, -0.15) is 4.31 Å². The summed E-state index contributed by atoms with van der Waals surface area (Å²) >= 11 is 0. The van der Waals surface area contributed by atoms with Gasteiger partial charge in [0.05, 0.1) is 7.11 Å². The second kappa shape index (κ2) is 8.45. The molecule has 1 aliphatic rings. The Morgan fingerprint density at radius 3 is 2.67 bits per heavy atom. The van der Waals surface area contributed by atoms with E-state index in [0.717, 1.165) is 11.3 Å². The minimum absolute atomic E-state index is 0.0225. The van der Waals surface area contributed by atoms with Crippen molar-refractivity contribution in [2.24, 2.45) is 0 Å². The number of fused-ring (bicyclic) bond motifs is 1. The highest BCUT2D eigenvalue weighted by Gasteiger charge is 2.31. The number of nitrogens with one attached hydrogen (secondary N) is 1. The molecule has 0 unspecified atom stereocenters. The van der Waals surface area contributed by atoms with Crippen LogP contribution in [0, 0.1) is 0 Å². The third kappa shape index (κ3) is 3.90. The van der Waals surface area contributed by atoms with Gasteiger partial charge in [0.25, 0.3) is 0 Å². The van der Waals surface area contributed by atoms with Crippen molar-refractivity contribution in [2.45, 2.75) is 17.7 Å². The number of methoxy groups -OCH3 is 1. The van der Waals surface area contributed by atoms with Crippen LogP contribution in [0.2, 0.25) is 0 Å². The smallest absolute Gasteiger partial charge is 0.245 e. The number of pyridine rings is 1. The first-order valence-corrected chi connectivity index (χ1v) is 11.3. The van der Waals surface area contributed by atoms with Crippen molar-refractivity contribution in [1.82, 2.24) is 19.2 Å². The normalized spacial score (nSPS) is 15.4. The maximum absolute atomic E-state index is 13.1. The van der Waals surface area contributed by atoms with E-state index in [1.165, 1.54) is 10.5 Å². The number of hydrogen-bond donors (Lipinski definition) is 1. The number of hydrogen-bond acceptors (Lipinski definition) is 5. The molecule has 9 heteroatoms. The number of ether oxygens (including phenoxy) is 1. The average Bonchev–Trinajstić information content (AvgIpc) is 3.23. The first-order chi connectivity index (χ1) is 14.5. The van der Waals surface area contributed by atoms with Crippen molar-refractivity contribution in [3.63, 3.8) is 0 Å². The zero-order valence-electron chi connectivity index (χ0n) is 16.7. The Hall–Kier alpha value is -2.91. The molecular weight excluding hydrogens is 404 g/mol. The van der Waals surface area contributed by atoms with Gasteiger partial charge in [0, 0.05) is 50.4 Å². The third-order valence-electron chi connectivity index (χ3n) is 5.42. The van der Waals surface area contributed by atoms with Gasteiger partial charge >= 0.3 is 0 Å². The van der Waals surface area contributed by atoms with E-state index in [2.05, 4.69) is 9.97 Å². The molecule has 1 fully saturated rings. The van der Waals surface area contributed by atoms with Crippen molar-refractivity contribution in [2.75, 3.05) is 33.3 Å². The summed E-state index contributed by atoms with van der Waals surface area (Å²) in [7, 11) is -2.04. The summed E-state index contributed by atoms with van der Waals surface area (Å²) in [5.74, 6) is 0.795. The van der Waals surface area contributed by atoms with E-state index in [-0.39, 0.29) is 23.9 Å². The van der Waals surface area contributed by atoms with Gasteiger partial charge in [0.15, 0.2) is 0 Å². The van der Waals surface area contributed by atoms with Gasteiger partial charge in [-0.05, 0) is 30.2 Å². The van der Waals surface area contributed by atoms with Crippen LogP contribution in [0.3, 0.4) is 0 Å². The molecule has 1 aromatic carbocycles. The number of para-hydroxylation sites is 1. The minimum atomic E-state index is -3.65. The van der Waals surface area contributed by atoms with Gasteiger partial charge in [-0.15, -0.1) is 0 Å². The maximum Gasteiger partial charge on any atom is 0.245 e. The Labute approximate surface area is 175 Å². The number of H-pyrrole nitrogens is 1. The third-order valence-corrected chi connectivity index (χ3v) is 7.36. The van der Waals surface area contributed by atoms with Crippen molar-refractivity contribution in [1.29, 1.82) is 0 Å². The molecule has 0 bridgehead atoms. The molecule has 1 aliphatic heterocycles. The largest absolute Gasteiger partial charge is 0.496 e. The number of carbonyl (C=O) groups excluding carboxylic acids is 1. The lowest BCUT2D eigenvalue weighted by atomic mass is 10.1. The molecule has 2 aromatic heterocycles. The second-order valence-corrected chi connectivity index (χ2v) is 9.06. The van der Waals surface area contributed by atoms with E-state index in [1.54, 1.807) is 30.3 Å². The summed E-state index contributed by atoms with van der Waals surface area (Å²) in [5.41, 5.74) is 1.53. The molecule has 1 amide bonds. The number of aromatic amines is 1. The number of aromatic nitrogens is 2. The minimum Gasteiger partial charge on any atom is -0.496 e. The predicted molar refractivity (Wildman–Crippen MR) is 113 cm³/mol. The SMILES string of the molecule is COc1ccccc1CCC(=O)N1CCN(S(=O)(=O)c2c[nH]c3ncccc23)CC1. The monoisotopic (exact) mass is 428 g/mol. The fourth-order valence-corrected chi connectivity index (χ4v) is 5.34. The number of sulfonamides is 1. The Balaban J connectivity index is 1.38. The molecule has 8 nitrogen and oxygen atoms in total. The maximum atomic E-state index is 13.1. The average molecular weight is 429 g/mol. The van der Waals surface area contributed by atoms with Crippen molar-refractivity contribution in [3.05, 3.63) is 54.4 Å². The summed E-state index contributed by atoms with van der Waals surface area (Å²) in [4.78, 5) is 21.7. The topological polar surface area (TPSA) is 95.6 Å². The molecule has 158 valence electrons. The van der Waals surface area contributed by atoms with Crippen LogP contribution in [0.15, 0.2) is 53.7 Å². The number of amides is 1. The van der Waals surface area contributed by atoms with Crippen LogP contribution in [0.25, 0.3) is 11.0 Å². The van der Waals surface area contributed by atoms with Crippen molar-refractivity contribution < 1.29 is 17.9 Å². The van der Waals surface area contributed by atoms with Gasteiger partial charge in [0.2, 0.25) is 15.9 Å².